The van der Waals surface area contributed by atoms with Crippen LogP contribution in [0, 0.1) is 13.8 Å². The number of halogens is 2. The lowest BCUT2D eigenvalue weighted by Crippen LogP contribution is -2.15. The van der Waals surface area contributed by atoms with Crippen LogP contribution in [0.5, 0.6) is 5.75 Å². The minimum atomic E-state index is -3.78. The summed E-state index contributed by atoms with van der Waals surface area (Å²) in [5, 5.41) is 0.445. The molecule has 22 heavy (non-hydrogen) atoms. The highest BCUT2D eigenvalue weighted by Gasteiger charge is 2.20. The van der Waals surface area contributed by atoms with Crippen LogP contribution < -0.4 is 9.46 Å². The largest absolute Gasteiger partial charge is 0.496 e. The molecule has 0 aromatic heterocycles. The Morgan fingerprint density at radius 1 is 1.09 bits per heavy atom. The Balaban J connectivity index is 2.47. The van der Waals surface area contributed by atoms with E-state index in [0.29, 0.717) is 11.3 Å². The van der Waals surface area contributed by atoms with E-state index in [2.05, 4.69) is 4.72 Å². The van der Waals surface area contributed by atoms with Crippen molar-refractivity contribution in [2.24, 2.45) is 0 Å². The molecule has 0 aliphatic heterocycles. The van der Waals surface area contributed by atoms with Crippen molar-refractivity contribution in [2.75, 3.05) is 11.8 Å². The molecule has 118 valence electrons. The predicted molar refractivity (Wildman–Crippen MR) is 89.7 cm³/mol. The fourth-order valence-electron chi connectivity index (χ4n) is 2.05. The van der Waals surface area contributed by atoms with E-state index < -0.39 is 10.0 Å². The first-order valence-electron chi connectivity index (χ1n) is 6.38. The third-order valence-corrected chi connectivity index (χ3v) is 5.50. The zero-order valence-corrected chi connectivity index (χ0v) is 14.6. The van der Waals surface area contributed by atoms with E-state index in [-0.39, 0.29) is 20.6 Å². The van der Waals surface area contributed by atoms with E-state index >= 15 is 0 Å². The van der Waals surface area contributed by atoms with Gasteiger partial charge in [-0.2, -0.15) is 0 Å². The molecule has 7 heteroatoms. The van der Waals surface area contributed by atoms with E-state index in [9.17, 15) is 8.42 Å². The number of anilines is 1. The van der Waals surface area contributed by atoms with Gasteiger partial charge in [0.05, 0.1) is 27.7 Å². The van der Waals surface area contributed by atoms with Crippen LogP contribution in [-0.4, -0.2) is 15.5 Å². The third-order valence-electron chi connectivity index (χ3n) is 3.18. The van der Waals surface area contributed by atoms with Gasteiger partial charge in [-0.15, -0.1) is 0 Å². The number of hydrogen-bond donors (Lipinski definition) is 1. The van der Waals surface area contributed by atoms with Gasteiger partial charge in [-0.1, -0.05) is 29.3 Å². The molecule has 2 aromatic rings. The molecule has 2 rings (SSSR count). The Morgan fingerprint density at radius 3 is 2.41 bits per heavy atom. The van der Waals surface area contributed by atoms with Gasteiger partial charge in [0.15, 0.2) is 0 Å². The normalized spacial score (nSPS) is 11.3. The van der Waals surface area contributed by atoms with Crippen molar-refractivity contribution < 1.29 is 13.2 Å². The van der Waals surface area contributed by atoms with Crippen LogP contribution >= 0.6 is 23.2 Å². The van der Waals surface area contributed by atoms with Crippen molar-refractivity contribution in [1.29, 1.82) is 0 Å². The third kappa shape index (κ3) is 3.32. The van der Waals surface area contributed by atoms with E-state index in [1.54, 1.807) is 51.3 Å². The molecule has 0 bridgehead atoms. The van der Waals surface area contributed by atoms with Crippen LogP contribution in [0.3, 0.4) is 0 Å². The van der Waals surface area contributed by atoms with Crippen molar-refractivity contribution >= 4 is 38.9 Å². The topological polar surface area (TPSA) is 55.4 Å². The highest BCUT2D eigenvalue weighted by atomic mass is 35.5. The maximum Gasteiger partial charge on any atom is 0.262 e. The first-order valence-corrected chi connectivity index (χ1v) is 8.62. The van der Waals surface area contributed by atoms with E-state index in [0.717, 1.165) is 5.56 Å². The van der Waals surface area contributed by atoms with Crippen LogP contribution in [0.4, 0.5) is 5.69 Å². The van der Waals surface area contributed by atoms with Crippen LogP contribution in [0.2, 0.25) is 10.0 Å². The highest BCUT2D eigenvalue weighted by Crippen LogP contribution is 2.32. The minimum Gasteiger partial charge on any atom is -0.496 e. The van der Waals surface area contributed by atoms with Crippen LogP contribution in [0.1, 0.15) is 11.1 Å². The SMILES string of the molecule is COc1cc(C)c(S(=O)(=O)Nc2cccc(Cl)c2Cl)cc1C. The van der Waals surface area contributed by atoms with Gasteiger partial charge in [-0.05, 0) is 49.2 Å². The smallest absolute Gasteiger partial charge is 0.262 e. The van der Waals surface area contributed by atoms with Gasteiger partial charge >= 0.3 is 0 Å². The molecule has 0 amide bonds. The Bertz CT molecular complexity index is 820. The molecular weight excluding hydrogens is 345 g/mol. The molecule has 0 radical (unpaired) electrons. The quantitative estimate of drug-likeness (QED) is 0.878. The number of benzene rings is 2. The molecule has 0 unspecified atom stereocenters. The van der Waals surface area contributed by atoms with Gasteiger partial charge in [0, 0.05) is 0 Å². The maximum absolute atomic E-state index is 12.6. The van der Waals surface area contributed by atoms with Gasteiger partial charge in [-0.25, -0.2) is 8.42 Å². The van der Waals surface area contributed by atoms with Crippen LogP contribution in [0.15, 0.2) is 35.2 Å². The predicted octanol–water partition coefficient (Wildman–Crippen LogP) is 4.42. The molecular formula is C15H15Cl2NO3S. The number of methoxy groups -OCH3 is 1. The molecule has 0 heterocycles. The monoisotopic (exact) mass is 359 g/mol. The van der Waals surface area contributed by atoms with Crippen molar-refractivity contribution in [2.45, 2.75) is 18.7 Å². The second-order valence-electron chi connectivity index (χ2n) is 4.79. The van der Waals surface area contributed by atoms with Gasteiger partial charge < -0.3 is 4.74 Å². The summed E-state index contributed by atoms with van der Waals surface area (Å²) in [6.07, 6.45) is 0. The summed E-state index contributed by atoms with van der Waals surface area (Å²) in [4.78, 5) is 0.168. The Hall–Kier alpha value is -1.43. The summed E-state index contributed by atoms with van der Waals surface area (Å²) >= 11 is 11.9. The van der Waals surface area contributed by atoms with Crippen molar-refractivity contribution in [3.05, 3.63) is 51.5 Å². The lowest BCUT2D eigenvalue weighted by Gasteiger charge is -2.14. The first-order chi connectivity index (χ1) is 10.3. The average Bonchev–Trinajstić information content (AvgIpc) is 2.45. The van der Waals surface area contributed by atoms with Gasteiger partial charge in [0.2, 0.25) is 0 Å². The number of rotatable bonds is 4. The Morgan fingerprint density at radius 2 is 1.77 bits per heavy atom. The van der Waals surface area contributed by atoms with Gasteiger partial charge in [0.1, 0.15) is 5.75 Å². The molecule has 2 aromatic carbocycles. The zero-order chi connectivity index (χ0) is 16.5. The zero-order valence-electron chi connectivity index (χ0n) is 12.3. The fourth-order valence-corrected chi connectivity index (χ4v) is 3.84. The number of aryl methyl sites for hydroxylation is 2. The molecule has 0 saturated heterocycles. The fraction of sp³-hybridized carbons (Fsp3) is 0.200. The van der Waals surface area contributed by atoms with E-state index in [1.165, 1.54) is 0 Å². The molecule has 0 atom stereocenters. The summed E-state index contributed by atoms with van der Waals surface area (Å²) < 4.78 is 32.8. The molecule has 1 N–H and O–H groups in total. The van der Waals surface area contributed by atoms with E-state index in [1.807, 2.05) is 0 Å². The number of sulfonamides is 1. The average molecular weight is 360 g/mol. The molecule has 4 nitrogen and oxygen atoms in total. The van der Waals surface area contributed by atoms with Gasteiger partial charge in [-0.3, -0.25) is 4.72 Å². The second kappa shape index (κ2) is 6.36. The summed E-state index contributed by atoms with van der Waals surface area (Å²) in [6, 6.07) is 8.01. The Kier molecular flexibility index (Phi) is 4.90. The minimum absolute atomic E-state index is 0.163. The van der Waals surface area contributed by atoms with E-state index in [4.69, 9.17) is 27.9 Å². The lowest BCUT2D eigenvalue weighted by atomic mass is 10.1. The summed E-state index contributed by atoms with van der Waals surface area (Å²) in [7, 11) is -2.24. The Labute approximate surface area is 140 Å². The van der Waals surface area contributed by atoms with Crippen molar-refractivity contribution in [3.63, 3.8) is 0 Å². The summed E-state index contributed by atoms with van der Waals surface area (Å²) in [6.45, 7) is 3.49. The first kappa shape index (κ1) is 16.9. The number of nitrogens with one attached hydrogen (secondary N) is 1. The number of ether oxygens (including phenoxy) is 1. The highest BCUT2D eigenvalue weighted by molar-refractivity contribution is 7.92. The van der Waals surface area contributed by atoms with Crippen LogP contribution in [0.25, 0.3) is 0 Å². The molecule has 0 aliphatic rings. The van der Waals surface area contributed by atoms with Crippen LogP contribution in [-0.2, 0) is 10.0 Å². The molecule has 0 saturated carbocycles. The molecule has 0 aliphatic carbocycles. The van der Waals surface area contributed by atoms with Crippen molar-refractivity contribution in [1.82, 2.24) is 0 Å². The summed E-state index contributed by atoms with van der Waals surface area (Å²) in [5.74, 6) is 0.636. The standard InChI is InChI=1S/C15H15Cl2NO3S/c1-9-8-14(10(2)7-13(9)21-3)22(19,20)18-12-6-4-5-11(16)15(12)17/h4-8,18H,1-3H3. The summed E-state index contributed by atoms with van der Waals surface area (Å²) in [5.41, 5.74) is 1.54. The molecule has 0 spiro atoms. The maximum atomic E-state index is 12.6. The van der Waals surface area contributed by atoms with Crippen molar-refractivity contribution in [3.8, 4) is 5.75 Å². The lowest BCUT2D eigenvalue weighted by molar-refractivity contribution is 0.411. The second-order valence-corrected chi connectivity index (χ2v) is 7.23. The number of hydrogen-bond acceptors (Lipinski definition) is 3. The van der Waals surface area contributed by atoms with Gasteiger partial charge in [0.25, 0.3) is 10.0 Å². The molecule has 0 fully saturated rings.